The lowest BCUT2D eigenvalue weighted by molar-refractivity contribution is 0.0376. The van der Waals surface area contributed by atoms with Crippen LogP contribution >= 0.6 is 24.0 Å². The molecule has 0 amide bonds. The second kappa shape index (κ2) is 11.3. The molecule has 0 atom stereocenters. The summed E-state index contributed by atoms with van der Waals surface area (Å²) in [6.45, 7) is 6.21. The van der Waals surface area contributed by atoms with Crippen molar-refractivity contribution >= 4 is 40.7 Å². The fourth-order valence-electron chi connectivity index (χ4n) is 3.07. The first-order chi connectivity index (χ1) is 12.7. The predicted octanol–water partition coefficient (Wildman–Crippen LogP) is 2.59. The standard InChI is InChI=1S/C20H28N4O2.HI/c1-25-19-6-5-17-13-16(3-4-18(17)14-19)15-23-20(21)22-7-2-8-24-9-11-26-12-10-24;/h3-6,13-14H,2,7-12,15H2,1H3,(H3,21,22,23);1H. The molecule has 1 heterocycles. The van der Waals surface area contributed by atoms with E-state index in [1.54, 1.807) is 7.11 Å². The Hall–Kier alpha value is -1.58. The van der Waals surface area contributed by atoms with E-state index in [2.05, 4.69) is 39.5 Å². The molecule has 6 nitrogen and oxygen atoms in total. The number of hydrogen-bond acceptors (Lipinski definition) is 4. The van der Waals surface area contributed by atoms with Gasteiger partial charge >= 0.3 is 0 Å². The molecule has 7 heteroatoms. The van der Waals surface area contributed by atoms with E-state index in [0.717, 1.165) is 62.5 Å². The van der Waals surface area contributed by atoms with Gasteiger partial charge in [0.25, 0.3) is 0 Å². The maximum atomic E-state index is 5.98. The molecule has 0 radical (unpaired) electrons. The van der Waals surface area contributed by atoms with Gasteiger partial charge in [-0.2, -0.15) is 0 Å². The minimum atomic E-state index is 0. The Balaban J connectivity index is 0.00000261. The van der Waals surface area contributed by atoms with E-state index in [9.17, 15) is 0 Å². The van der Waals surface area contributed by atoms with E-state index < -0.39 is 0 Å². The summed E-state index contributed by atoms with van der Waals surface area (Å²) in [5.74, 6) is 1.37. The number of nitrogens with one attached hydrogen (secondary N) is 1. The molecule has 0 unspecified atom stereocenters. The predicted molar refractivity (Wildman–Crippen MR) is 121 cm³/mol. The van der Waals surface area contributed by atoms with Gasteiger partial charge in [0.1, 0.15) is 5.75 Å². The van der Waals surface area contributed by atoms with E-state index >= 15 is 0 Å². The number of fused-ring (bicyclic) bond motifs is 1. The molecule has 1 aliphatic heterocycles. The van der Waals surface area contributed by atoms with Gasteiger partial charge in [-0.15, -0.1) is 24.0 Å². The molecular weight excluding hydrogens is 455 g/mol. The number of nitrogens with two attached hydrogens (primary N) is 1. The van der Waals surface area contributed by atoms with Crippen molar-refractivity contribution in [1.29, 1.82) is 0 Å². The molecule has 0 bridgehead atoms. The van der Waals surface area contributed by atoms with Crippen LogP contribution in [0.15, 0.2) is 41.4 Å². The Kier molecular flexibility index (Phi) is 9.09. The second-order valence-electron chi connectivity index (χ2n) is 6.48. The normalized spacial score (nSPS) is 15.4. The lowest BCUT2D eigenvalue weighted by Gasteiger charge is -2.26. The Morgan fingerprint density at radius 2 is 1.93 bits per heavy atom. The number of morpholine rings is 1. The maximum Gasteiger partial charge on any atom is 0.188 e. The topological polar surface area (TPSA) is 72.1 Å². The summed E-state index contributed by atoms with van der Waals surface area (Å²) in [6.07, 6.45) is 1.05. The van der Waals surface area contributed by atoms with Crippen LogP contribution < -0.4 is 15.8 Å². The Morgan fingerprint density at radius 1 is 1.19 bits per heavy atom. The van der Waals surface area contributed by atoms with Crippen molar-refractivity contribution in [2.24, 2.45) is 10.7 Å². The molecule has 148 valence electrons. The average Bonchev–Trinajstić information content (AvgIpc) is 2.70. The van der Waals surface area contributed by atoms with Crippen molar-refractivity contribution in [3.8, 4) is 5.75 Å². The van der Waals surface area contributed by atoms with Crippen LogP contribution in [0.5, 0.6) is 5.75 Å². The van der Waals surface area contributed by atoms with Gasteiger partial charge in [0.15, 0.2) is 5.96 Å². The third-order valence-electron chi connectivity index (χ3n) is 4.60. The minimum absolute atomic E-state index is 0. The number of benzene rings is 2. The third-order valence-corrected chi connectivity index (χ3v) is 4.60. The van der Waals surface area contributed by atoms with Crippen LogP contribution in [0.4, 0.5) is 0 Å². The molecule has 2 aromatic rings. The van der Waals surface area contributed by atoms with Gasteiger partial charge in [0.05, 0.1) is 26.9 Å². The molecule has 1 saturated heterocycles. The number of halogens is 1. The van der Waals surface area contributed by atoms with Crippen LogP contribution in [0.25, 0.3) is 10.8 Å². The van der Waals surface area contributed by atoms with Crippen LogP contribution in [-0.4, -0.2) is 57.4 Å². The lowest BCUT2D eigenvalue weighted by atomic mass is 10.1. The quantitative estimate of drug-likeness (QED) is 0.274. The zero-order valence-electron chi connectivity index (χ0n) is 15.8. The smallest absolute Gasteiger partial charge is 0.188 e. The van der Waals surface area contributed by atoms with Crippen LogP contribution in [0.2, 0.25) is 0 Å². The zero-order chi connectivity index (χ0) is 18.2. The van der Waals surface area contributed by atoms with Crippen molar-refractivity contribution in [2.75, 3.05) is 46.5 Å². The summed E-state index contributed by atoms with van der Waals surface area (Å²) in [7, 11) is 1.68. The van der Waals surface area contributed by atoms with Gasteiger partial charge in [-0.3, -0.25) is 4.90 Å². The molecule has 1 aliphatic rings. The summed E-state index contributed by atoms with van der Waals surface area (Å²) in [5.41, 5.74) is 7.12. The van der Waals surface area contributed by atoms with Gasteiger partial charge < -0.3 is 20.5 Å². The molecule has 2 aromatic carbocycles. The molecule has 1 fully saturated rings. The van der Waals surface area contributed by atoms with Gasteiger partial charge in [0.2, 0.25) is 0 Å². The van der Waals surface area contributed by atoms with Crippen molar-refractivity contribution in [2.45, 2.75) is 13.0 Å². The summed E-state index contributed by atoms with van der Waals surface area (Å²) < 4.78 is 10.6. The first kappa shape index (κ1) is 21.7. The van der Waals surface area contributed by atoms with E-state index in [-0.39, 0.29) is 24.0 Å². The molecular formula is C20H29IN4O2. The summed E-state index contributed by atoms with van der Waals surface area (Å²) in [5, 5.41) is 5.53. The Bertz CT molecular complexity index is 748. The van der Waals surface area contributed by atoms with E-state index in [0.29, 0.717) is 12.5 Å². The first-order valence-corrected chi connectivity index (χ1v) is 9.15. The van der Waals surface area contributed by atoms with Crippen molar-refractivity contribution in [1.82, 2.24) is 10.2 Å². The number of methoxy groups -OCH3 is 1. The summed E-state index contributed by atoms with van der Waals surface area (Å²) >= 11 is 0. The van der Waals surface area contributed by atoms with Gasteiger partial charge in [0, 0.05) is 19.6 Å². The number of hydrogen-bond donors (Lipinski definition) is 2. The van der Waals surface area contributed by atoms with Gasteiger partial charge in [-0.05, 0) is 47.5 Å². The van der Waals surface area contributed by atoms with Crippen LogP contribution in [-0.2, 0) is 11.3 Å². The summed E-state index contributed by atoms with van der Waals surface area (Å²) in [6, 6.07) is 12.4. The minimum Gasteiger partial charge on any atom is -0.497 e. The number of guanidine groups is 1. The van der Waals surface area contributed by atoms with E-state index in [4.69, 9.17) is 15.2 Å². The average molecular weight is 484 g/mol. The molecule has 0 aliphatic carbocycles. The molecule has 3 N–H and O–H groups in total. The van der Waals surface area contributed by atoms with E-state index in [1.165, 1.54) is 5.39 Å². The second-order valence-corrected chi connectivity index (χ2v) is 6.48. The molecule has 27 heavy (non-hydrogen) atoms. The number of nitrogens with zero attached hydrogens (tertiary/aromatic N) is 2. The highest BCUT2D eigenvalue weighted by Gasteiger charge is 2.09. The molecule has 0 saturated carbocycles. The summed E-state index contributed by atoms with van der Waals surface area (Å²) in [4.78, 5) is 6.86. The number of aliphatic imine (C=N–C) groups is 1. The van der Waals surface area contributed by atoms with Crippen molar-refractivity contribution in [3.63, 3.8) is 0 Å². The van der Waals surface area contributed by atoms with Gasteiger partial charge in [-0.1, -0.05) is 18.2 Å². The zero-order valence-corrected chi connectivity index (χ0v) is 18.1. The van der Waals surface area contributed by atoms with E-state index in [1.807, 2.05) is 12.1 Å². The van der Waals surface area contributed by atoms with Crippen molar-refractivity contribution < 1.29 is 9.47 Å². The molecule has 3 rings (SSSR count). The molecule has 0 spiro atoms. The highest BCUT2D eigenvalue weighted by Crippen LogP contribution is 2.22. The fourth-order valence-corrected chi connectivity index (χ4v) is 3.07. The largest absolute Gasteiger partial charge is 0.497 e. The van der Waals surface area contributed by atoms with Crippen LogP contribution in [0.3, 0.4) is 0 Å². The Morgan fingerprint density at radius 3 is 2.70 bits per heavy atom. The molecule has 0 aromatic heterocycles. The van der Waals surface area contributed by atoms with Crippen molar-refractivity contribution in [3.05, 3.63) is 42.0 Å². The Labute approximate surface area is 178 Å². The van der Waals surface area contributed by atoms with Gasteiger partial charge in [-0.25, -0.2) is 4.99 Å². The fraction of sp³-hybridized carbons (Fsp3) is 0.450. The van der Waals surface area contributed by atoms with Crippen LogP contribution in [0.1, 0.15) is 12.0 Å². The first-order valence-electron chi connectivity index (χ1n) is 9.15. The van der Waals surface area contributed by atoms with Crippen LogP contribution in [0, 0.1) is 0 Å². The monoisotopic (exact) mass is 484 g/mol. The third kappa shape index (κ3) is 6.82. The maximum absolute atomic E-state index is 5.98. The number of ether oxygens (including phenoxy) is 2. The lowest BCUT2D eigenvalue weighted by Crippen LogP contribution is -2.39. The SMILES string of the molecule is COc1ccc2cc(CN=C(N)NCCCN3CCOCC3)ccc2c1.I. The highest BCUT2D eigenvalue weighted by atomic mass is 127. The number of rotatable bonds is 7. The highest BCUT2D eigenvalue weighted by molar-refractivity contribution is 14.0.